The van der Waals surface area contributed by atoms with E-state index in [9.17, 15) is 0 Å². The molecule has 1 aliphatic rings. The summed E-state index contributed by atoms with van der Waals surface area (Å²) in [5.41, 5.74) is 8.85. The standard InChI is InChI=1S/C22H23N5/c1-14-13-15(2)26(24-14)22-18-11-7-8-12-19(18)23-21-20(16(3)25-27(21)22)17-9-5-4-6-10-17/h4-6,9-10,13H,7-8,11-12H2,1-3H3. The Morgan fingerprint density at radius 3 is 2.44 bits per heavy atom. The van der Waals surface area contributed by atoms with Crippen LogP contribution in [0.1, 0.15) is 41.2 Å². The maximum absolute atomic E-state index is 5.09. The Balaban J connectivity index is 1.89. The first-order valence-corrected chi connectivity index (χ1v) is 9.63. The molecule has 0 amide bonds. The van der Waals surface area contributed by atoms with E-state index in [-0.39, 0.29) is 0 Å². The van der Waals surface area contributed by atoms with Crippen LogP contribution in [0.3, 0.4) is 0 Å². The number of nitrogens with zero attached hydrogens (tertiary/aromatic N) is 5. The second kappa shape index (κ2) is 6.05. The lowest BCUT2D eigenvalue weighted by molar-refractivity contribution is 0.638. The summed E-state index contributed by atoms with van der Waals surface area (Å²) in [7, 11) is 0. The van der Waals surface area contributed by atoms with Gasteiger partial charge in [0.2, 0.25) is 0 Å². The number of aromatic nitrogens is 5. The first-order valence-electron chi connectivity index (χ1n) is 9.63. The van der Waals surface area contributed by atoms with Crippen LogP contribution in [-0.4, -0.2) is 24.4 Å². The highest BCUT2D eigenvalue weighted by molar-refractivity contribution is 5.80. The van der Waals surface area contributed by atoms with E-state index in [1.165, 1.54) is 24.1 Å². The Kier molecular flexibility index (Phi) is 3.64. The summed E-state index contributed by atoms with van der Waals surface area (Å²) in [4.78, 5) is 5.09. The fourth-order valence-corrected chi connectivity index (χ4v) is 4.28. The summed E-state index contributed by atoms with van der Waals surface area (Å²) in [6, 6.07) is 12.6. The zero-order valence-electron chi connectivity index (χ0n) is 16.0. The molecule has 5 nitrogen and oxygen atoms in total. The van der Waals surface area contributed by atoms with Crippen LogP contribution in [0.25, 0.3) is 22.6 Å². The van der Waals surface area contributed by atoms with Gasteiger partial charge in [-0.1, -0.05) is 30.3 Å². The Hall–Kier alpha value is -2.95. The van der Waals surface area contributed by atoms with Crippen molar-refractivity contribution in [3.05, 3.63) is 64.7 Å². The Bertz CT molecular complexity index is 1150. The lowest BCUT2D eigenvalue weighted by atomic mass is 9.96. The number of hydrogen-bond acceptors (Lipinski definition) is 3. The van der Waals surface area contributed by atoms with Crippen molar-refractivity contribution in [2.75, 3.05) is 0 Å². The van der Waals surface area contributed by atoms with E-state index in [2.05, 4.69) is 48.9 Å². The molecule has 0 radical (unpaired) electrons. The van der Waals surface area contributed by atoms with Gasteiger partial charge < -0.3 is 0 Å². The average Bonchev–Trinajstić information content (AvgIpc) is 3.17. The first kappa shape index (κ1) is 16.2. The van der Waals surface area contributed by atoms with E-state index < -0.39 is 0 Å². The first-order chi connectivity index (χ1) is 13.1. The Morgan fingerprint density at radius 2 is 1.70 bits per heavy atom. The second-order valence-corrected chi connectivity index (χ2v) is 7.47. The summed E-state index contributed by atoms with van der Waals surface area (Å²) in [6.45, 7) is 6.22. The van der Waals surface area contributed by atoms with Crippen LogP contribution in [0.2, 0.25) is 0 Å². The van der Waals surface area contributed by atoms with E-state index in [4.69, 9.17) is 15.2 Å². The lowest BCUT2D eigenvalue weighted by Gasteiger charge is -2.20. The molecule has 0 unspecified atom stereocenters. The van der Waals surface area contributed by atoms with Gasteiger partial charge in [0.1, 0.15) is 0 Å². The normalized spacial score (nSPS) is 13.9. The van der Waals surface area contributed by atoms with Crippen molar-refractivity contribution in [2.45, 2.75) is 46.5 Å². The molecule has 0 saturated carbocycles. The molecular formula is C22H23N5. The zero-order valence-corrected chi connectivity index (χ0v) is 16.0. The van der Waals surface area contributed by atoms with Gasteiger partial charge in [0, 0.05) is 22.5 Å². The minimum atomic E-state index is 0.932. The monoisotopic (exact) mass is 357 g/mol. The zero-order chi connectivity index (χ0) is 18.5. The molecule has 3 aromatic heterocycles. The minimum Gasteiger partial charge on any atom is -0.233 e. The predicted octanol–water partition coefficient (Wildman–Crippen LogP) is 4.39. The number of fused-ring (bicyclic) bond motifs is 2. The van der Waals surface area contributed by atoms with E-state index in [1.807, 2.05) is 17.5 Å². The highest BCUT2D eigenvalue weighted by atomic mass is 15.4. The van der Waals surface area contributed by atoms with Crippen molar-refractivity contribution >= 4 is 5.65 Å². The fraction of sp³-hybridized carbons (Fsp3) is 0.318. The smallest absolute Gasteiger partial charge is 0.165 e. The molecule has 5 heteroatoms. The Labute approximate surface area is 158 Å². The quantitative estimate of drug-likeness (QED) is 0.535. The number of rotatable bonds is 2. The average molecular weight is 357 g/mol. The SMILES string of the molecule is Cc1cc(C)n(-c2c3c(nc4c(-c5ccccc5)c(C)nn24)CCCC3)n1. The van der Waals surface area contributed by atoms with Gasteiger partial charge in [-0.25, -0.2) is 9.67 Å². The van der Waals surface area contributed by atoms with Crippen LogP contribution in [0.15, 0.2) is 36.4 Å². The van der Waals surface area contributed by atoms with Crippen molar-refractivity contribution in [2.24, 2.45) is 0 Å². The van der Waals surface area contributed by atoms with Crippen molar-refractivity contribution in [1.82, 2.24) is 24.4 Å². The molecular weight excluding hydrogens is 334 g/mol. The van der Waals surface area contributed by atoms with E-state index >= 15 is 0 Å². The van der Waals surface area contributed by atoms with Crippen LogP contribution >= 0.6 is 0 Å². The van der Waals surface area contributed by atoms with Crippen molar-refractivity contribution in [3.63, 3.8) is 0 Å². The molecule has 4 aromatic rings. The summed E-state index contributed by atoms with van der Waals surface area (Å²) < 4.78 is 4.07. The third-order valence-corrected chi connectivity index (χ3v) is 5.46. The molecule has 0 fully saturated rings. The Morgan fingerprint density at radius 1 is 0.926 bits per heavy atom. The third kappa shape index (κ3) is 2.49. The molecule has 27 heavy (non-hydrogen) atoms. The topological polar surface area (TPSA) is 48.0 Å². The number of hydrogen-bond donors (Lipinski definition) is 0. The molecule has 0 spiro atoms. The maximum Gasteiger partial charge on any atom is 0.165 e. The van der Waals surface area contributed by atoms with Crippen LogP contribution < -0.4 is 0 Å². The molecule has 0 atom stereocenters. The van der Waals surface area contributed by atoms with Gasteiger partial charge in [0.15, 0.2) is 11.5 Å². The molecule has 0 saturated heterocycles. The van der Waals surface area contributed by atoms with Gasteiger partial charge in [-0.3, -0.25) is 0 Å². The summed E-state index contributed by atoms with van der Waals surface area (Å²) in [6.07, 6.45) is 4.45. The molecule has 1 aliphatic carbocycles. The number of aryl methyl sites for hydroxylation is 4. The van der Waals surface area contributed by atoms with Gasteiger partial charge in [0.05, 0.1) is 11.4 Å². The van der Waals surface area contributed by atoms with E-state index in [0.29, 0.717) is 0 Å². The second-order valence-electron chi connectivity index (χ2n) is 7.47. The molecule has 0 N–H and O–H groups in total. The molecule has 5 rings (SSSR count). The van der Waals surface area contributed by atoms with Gasteiger partial charge in [-0.15, -0.1) is 0 Å². The third-order valence-electron chi connectivity index (χ3n) is 5.46. The van der Waals surface area contributed by atoms with Crippen LogP contribution in [0.4, 0.5) is 0 Å². The summed E-state index contributed by atoms with van der Waals surface area (Å²) in [5, 5.41) is 9.70. The number of benzene rings is 1. The van der Waals surface area contributed by atoms with Gasteiger partial charge in [-0.2, -0.15) is 14.7 Å². The summed E-state index contributed by atoms with van der Waals surface area (Å²) in [5.74, 6) is 1.06. The minimum absolute atomic E-state index is 0.932. The predicted molar refractivity (Wildman–Crippen MR) is 106 cm³/mol. The lowest BCUT2D eigenvalue weighted by Crippen LogP contribution is -2.17. The molecule has 1 aromatic carbocycles. The van der Waals surface area contributed by atoms with Crippen molar-refractivity contribution < 1.29 is 0 Å². The van der Waals surface area contributed by atoms with E-state index in [0.717, 1.165) is 52.5 Å². The molecule has 3 heterocycles. The molecule has 0 bridgehead atoms. The highest BCUT2D eigenvalue weighted by Crippen LogP contribution is 2.33. The van der Waals surface area contributed by atoms with E-state index in [1.54, 1.807) is 0 Å². The van der Waals surface area contributed by atoms with Crippen molar-refractivity contribution in [1.29, 1.82) is 0 Å². The fourth-order valence-electron chi connectivity index (χ4n) is 4.28. The van der Waals surface area contributed by atoms with Crippen LogP contribution in [-0.2, 0) is 12.8 Å². The van der Waals surface area contributed by atoms with Crippen LogP contribution in [0.5, 0.6) is 0 Å². The highest BCUT2D eigenvalue weighted by Gasteiger charge is 2.25. The van der Waals surface area contributed by atoms with Gasteiger partial charge in [-0.05, 0) is 58.1 Å². The van der Waals surface area contributed by atoms with Crippen LogP contribution in [0, 0.1) is 20.8 Å². The summed E-state index contributed by atoms with van der Waals surface area (Å²) >= 11 is 0. The van der Waals surface area contributed by atoms with Crippen molar-refractivity contribution in [3.8, 4) is 16.9 Å². The largest absolute Gasteiger partial charge is 0.233 e. The molecule has 136 valence electrons. The van der Waals surface area contributed by atoms with Gasteiger partial charge >= 0.3 is 0 Å². The molecule has 0 aliphatic heterocycles. The maximum atomic E-state index is 5.09. The van der Waals surface area contributed by atoms with Gasteiger partial charge in [0.25, 0.3) is 0 Å².